The predicted molar refractivity (Wildman–Crippen MR) is 142 cm³/mol. The van der Waals surface area contributed by atoms with Crippen molar-refractivity contribution < 1.29 is 14.5 Å². The molecule has 1 aliphatic heterocycles. The van der Waals surface area contributed by atoms with Gasteiger partial charge in [-0.25, -0.2) is 0 Å². The summed E-state index contributed by atoms with van der Waals surface area (Å²) in [5.74, 6) is -0.641. The van der Waals surface area contributed by atoms with Crippen molar-refractivity contribution in [3.63, 3.8) is 0 Å². The highest BCUT2D eigenvalue weighted by molar-refractivity contribution is 7.10. The van der Waals surface area contributed by atoms with Crippen LogP contribution < -0.4 is 0 Å². The Bertz CT molecular complexity index is 1310. The first-order valence-electron chi connectivity index (χ1n) is 11.6. The van der Waals surface area contributed by atoms with Crippen molar-refractivity contribution in [1.82, 2.24) is 9.80 Å². The third-order valence-electron chi connectivity index (χ3n) is 6.54. The van der Waals surface area contributed by atoms with Crippen LogP contribution in [0.1, 0.15) is 52.7 Å². The molecule has 0 saturated carbocycles. The third-order valence-corrected chi connectivity index (χ3v) is 8.10. The summed E-state index contributed by atoms with van der Waals surface area (Å²) in [6, 6.07) is 12.2. The Morgan fingerprint density at radius 3 is 2.67 bits per heavy atom. The normalized spacial score (nSPS) is 15.8. The largest absolute Gasteiger partial charge is 0.330 e. The SMILES string of the molecule is CCC(C)N(CC(=O)N1CCc2sccc2C1c1ccc(Cl)cc1Cl)C(=O)c1cccc([N+](=O)[O-])c1. The number of thiophene rings is 1. The zero-order chi connectivity index (χ0) is 26.0. The number of fused-ring (bicyclic) bond motifs is 1. The van der Waals surface area contributed by atoms with Gasteiger partial charge in [0.05, 0.1) is 11.0 Å². The number of nitrogens with zero attached hydrogens (tertiary/aromatic N) is 3. The van der Waals surface area contributed by atoms with Gasteiger partial charge >= 0.3 is 0 Å². The monoisotopic (exact) mass is 545 g/mol. The van der Waals surface area contributed by atoms with E-state index in [1.165, 1.54) is 34.0 Å². The van der Waals surface area contributed by atoms with E-state index in [-0.39, 0.29) is 29.7 Å². The van der Waals surface area contributed by atoms with Crippen molar-refractivity contribution in [2.45, 2.75) is 38.8 Å². The highest BCUT2D eigenvalue weighted by atomic mass is 35.5. The van der Waals surface area contributed by atoms with E-state index in [1.54, 1.807) is 28.4 Å². The number of carbonyl (C=O) groups excluding carboxylic acids is 2. The number of carbonyl (C=O) groups is 2. The van der Waals surface area contributed by atoms with Crippen molar-refractivity contribution in [2.24, 2.45) is 0 Å². The van der Waals surface area contributed by atoms with Gasteiger partial charge in [-0.05, 0) is 60.5 Å². The lowest BCUT2D eigenvalue weighted by atomic mass is 9.93. The number of hydrogen-bond acceptors (Lipinski definition) is 5. The first-order chi connectivity index (χ1) is 17.2. The van der Waals surface area contributed by atoms with Gasteiger partial charge in [-0.1, -0.05) is 42.3 Å². The highest BCUT2D eigenvalue weighted by Gasteiger charge is 2.36. The average molecular weight is 546 g/mol. The number of nitro groups is 1. The van der Waals surface area contributed by atoms with E-state index in [4.69, 9.17) is 23.2 Å². The number of amides is 2. The summed E-state index contributed by atoms with van der Waals surface area (Å²) in [7, 11) is 0. The summed E-state index contributed by atoms with van der Waals surface area (Å²) < 4.78 is 0. The van der Waals surface area contributed by atoms with Crippen molar-refractivity contribution in [2.75, 3.05) is 13.1 Å². The summed E-state index contributed by atoms with van der Waals surface area (Å²) in [6.45, 7) is 4.12. The molecular formula is C26H25Cl2N3O4S. The van der Waals surface area contributed by atoms with Gasteiger partial charge in [-0.3, -0.25) is 19.7 Å². The van der Waals surface area contributed by atoms with Gasteiger partial charge in [0.25, 0.3) is 11.6 Å². The van der Waals surface area contributed by atoms with Gasteiger partial charge < -0.3 is 9.80 Å². The number of hydrogen-bond donors (Lipinski definition) is 0. The molecule has 2 aromatic carbocycles. The molecule has 2 heterocycles. The number of halogens is 2. The van der Waals surface area contributed by atoms with E-state index in [0.29, 0.717) is 29.4 Å². The molecule has 0 fully saturated rings. The maximum Gasteiger partial charge on any atom is 0.270 e. The van der Waals surface area contributed by atoms with Crippen molar-refractivity contribution in [1.29, 1.82) is 0 Å². The van der Waals surface area contributed by atoms with Crippen LogP contribution in [0.3, 0.4) is 0 Å². The lowest BCUT2D eigenvalue weighted by molar-refractivity contribution is -0.384. The summed E-state index contributed by atoms with van der Waals surface area (Å²) >= 11 is 14.4. The van der Waals surface area contributed by atoms with Gasteiger partial charge in [-0.2, -0.15) is 0 Å². The second-order valence-corrected chi connectivity index (χ2v) is 10.5. The number of nitro benzene ring substituents is 1. The predicted octanol–water partition coefficient (Wildman–Crippen LogP) is 6.38. The van der Waals surface area contributed by atoms with E-state index in [1.807, 2.05) is 31.4 Å². The first-order valence-corrected chi connectivity index (χ1v) is 13.2. The molecule has 0 radical (unpaired) electrons. The molecule has 188 valence electrons. The van der Waals surface area contributed by atoms with Crippen molar-refractivity contribution in [3.05, 3.63) is 95.6 Å². The second kappa shape index (κ2) is 11.0. The van der Waals surface area contributed by atoms with E-state index in [2.05, 4.69) is 0 Å². The van der Waals surface area contributed by atoms with Crippen molar-refractivity contribution in [3.8, 4) is 0 Å². The number of benzene rings is 2. The topological polar surface area (TPSA) is 83.8 Å². The minimum absolute atomic E-state index is 0.155. The van der Waals surface area contributed by atoms with E-state index >= 15 is 0 Å². The average Bonchev–Trinajstić information content (AvgIpc) is 3.35. The number of rotatable bonds is 7. The fourth-order valence-electron chi connectivity index (χ4n) is 4.45. The Morgan fingerprint density at radius 1 is 1.19 bits per heavy atom. The molecule has 0 saturated heterocycles. The minimum Gasteiger partial charge on any atom is -0.330 e. The molecule has 0 aliphatic carbocycles. The van der Waals surface area contributed by atoms with Gasteiger partial charge in [0, 0.05) is 45.2 Å². The second-order valence-electron chi connectivity index (χ2n) is 8.70. The van der Waals surface area contributed by atoms with E-state index in [0.717, 1.165) is 11.1 Å². The Balaban J connectivity index is 1.67. The van der Waals surface area contributed by atoms with Crippen LogP contribution >= 0.6 is 34.5 Å². The Kier molecular flexibility index (Phi) is 7.97. The van der Waals surface area contributed by atoms with Crippen LogP contribution in [0.15, 0.2) is 53.9 Å². The van der Waals surface area contributed by atoms with Gasteiger partial charge in [0.2, 0.25) is 5.91 Å². The Labute approximate surface area is 223 Å². The molecule has 7 nitrogen and oxygen atoms in total. The molecule has 1 aromatic heterocycles. The molecule has 0 bridgehead atoms. The molecule has 2 atom stereocenters. The van der Waals surface area contributed by atoms with Crippen molar-refractivity contribution >= 4 is 52.0 Å². The molecule has 2 unspecified atom stereocenters. The summed E-state index contributed by atoms with van der Waals surface area (Å²) in [6.07, 6.45) is 1.33. The summed E-state index contributed by atoms with van der Waals surface area (Å²) in [4.78, 5) is 42.4. The molecule has 36 heavy (non-hydrogen) atoms. The quantitative estimate of drug-likeness (QED) is 0.254. The lowest BCUT2D eigenvalue weighted by Crippen LogP contribution is -2.49. The van der Waals surface area contributed by atoms with E-state index < -0.39 is 16.9 Å². The zero-order valence-electron chi connectivity index (χ0n) is 19.8. The molecule has 10 heteroatoms. The maximum absolute atomic E-state index is 13.8. The zero-order valence-corrected chi connectivity index (χ0v) is 22.1. The van der Waals surface area contributed by atoms with Crippen LogP contribution in [0.5, 0.6) is 0 Å². The highest BCUT2D eigenvalue weighted by Crippen LogP contribution is 2.41. The van der Waals surface area contributed by atoms with Crippen LogP contribution in [0.4, 0.5) is 5.69 Å². The summed E-state index contributed by atoms with van der Waals surface area (Å²) in [5.41, 5.74) is 1.79. The Hall–Kier alpha value is -2.94. The summed E-state index contributed by atoms with van der Waals surface area (Å²) in [5, 5.41) is 14.2. The standard InChI is InChI=1S/C26H25Cl2N3O4S/c1-3-16(2)30(26(33)17-5-4-6-19(13-17)31(34)35)15-24(32)29-11-9-23-21(10-12-36-23)25(29)20-8-7-18(27)14-22(20)28/h4-8,10,12-14,16,25H,3,9,11,15H2,1-2H3. The van der Waals surface area contributed by atoms with Crippen LogP contribution in [0.25, 0.3) is 0 Å². The fourth-order valence-corrected chi connectivity index (χ4v) is 5.86. The van der Waals surface area contributed by atoms with Crippen LogP contribution in [-0.2, 0) is 11.2 Å². The molecule has 3 aromatic rings. The van der Waals surface area contributed by atoms with Crippen LogP contribution in [-0.4, -0.2) is 45.7 Å². The van der Waals surface area contributed by atoms with Gasteiger partial charge in [-0.15, -0.1) is 11.3 Å². The lowest BCUT2D eigenvalue weighted by Gasteiger charge is -2.38. The fraction of sp³-hybridized carbons (Fsp3) is 0.308. The Morgan fingerprint density at radius 2 is 1.97 bits per heavy atom. The molecule has 2 amide bonds. The molecule has 0 N–H and O–H groups in total. The maximum atomic E-state index is 13.8. The van der Waals surface area contributed by atoms with Gasteiger partial charge in [0.1, 0.15) is 6.54 Å². The molecular weight excluding hydrogens is 521 g/mol. The first kappa shape index (κ1) is 26.1. The number of non-ortho nitro benzene ring substituents is 1. The smallest absolute Gasteiger partial charge is 0.270 e. The molecule has 0 spiro atoms. The van der Waals surface area contributed by atoms with Gasteiger partial charge in [0.15, 0.2) is 0 Å². The molecule has 4 rings (SSSR count). The molecule has 1 aliphatic rings. The van der Waals surface area contributed by atoms with E-state index in [9.17, 15) is 19.7 Å². The van der Waals surface area contributed by atoms with Crippen LogP contribution in [0, 0.1) is 10.1 Å². The minimum atomic E-state index is -0.540. The van der Waals surface area contributed by atoms with Crippen LogP contribution in [0.2, 0.25) is 10.0 Å². The third kappa shape index (κ3) is 5.26.